The first-order valence-corrected chi connectivity index (χ1v) is 6.86. The van der Waals surface area contributed by atoms with Crippen molar-refractivity contribution < 1.29 is 24.2 Å². The minimum Gasteiger partial charge on any atom is -0.481 e. The molecule has 1 atom stereocenters. The van der Waals surface area contributed by atoms with Crippen LogP contribution >= 0.6 is 0 Å². The summed E-state index contributed by atoms with van der Waals surface area (Å²) in [5, 5.41) is 11.9. The van der Waals surface area contributed by atoms with Gasteiger partial charge in [-0.2, -0.15) is 0 Å². The summed E-state index contributed by atoms with van der Waals surface area (Å²) in [6.07, 6.45) is -0.739. The molecule has 6 heteroatoms. The van der Waals surface area contributed by atoms with E-state index in [-0.39, 0.29) is 5.78 Å². The SMILES string of the molecule is CC(=O)C(NC(=O)OC(C)(C)C)C(C)(C)C(C)(C)C(=O)O. The van der Waals surface area contributed by atoms with Crippen LogP contribution in [0.15, 0.2) is 0 Å². The molecule has 0 saturated heterocycles. The number of hydrogen-bond acceptors (Lipinski definition) is 4. The maximum absolute atomic E-state index is 11.9. The van der Waals surface area contributed by atoms with E-state index in [0.717, 1.165) is 0 Å². The van der Waals surface area contributed by atoms with Crippen molar-refractivity contribution in [1.82, 2.24) is 5.32 Å². The summed E-state index contributed by atoms with van der Waals surface area (Å²) < 4.78 is 5.14. The topological polar surface area (TPSA) is 92.7 Å². The van der Waals surface area contributed by atoms with E-state index in [1.54, 1.807) is 34.6 Å². The lowest BCUT2D eigenvalue weighted by Gasteiger charge is -2.43. The van der Waals surface area contributed by atoms with Gasteiger partial charge in [-0.15, -0.1) is 0 Å². The Hall–Kier alpha value is -1.59. The second-order valence-electron chi connectivity index (χ2n) is 7.34. The first-order chi connectivity index (χ1) is 9.13. The van der Waals surface area contributed by atoms with Gasteiger partial charge in [0.25, 0.3) is 0 Å². The van der Waals surface area contributed by atoms with E-state index in [9.17, 15) is 19.5 Å². The number of carboxylic acids is 1. The second-order valence-corrected chi connectivity index (χ2v) is 7.34. The first-order valence-electron chi connectivity index (χ1n) is 6.86. The maximum atomic E-state index is 11.9. The minimum absolute atomic E-state index is 0.319. The van der Waals surface area contributed by atoms with Gasteiger partial charge in [0.1, 0.15) is 5.60 Å². The molecule has 122 valence electrons. The minimum atomic E-state index is -1.21. The van der Waals surface area contributed by atoms with Gasteiger partial charge in [0, 0.05) is 5.41 Å². The zero-order valence-electron chi connectivity index (χ0n) is 14.2. The third kappa shape index (κ3) is 4.72. The zero-order chi connectivity index (χ0) is 17.2. The molecule has 0 aromatic rings. The largest absolute Gasteiger partial charge is 0.481 e. The molecule has 0 aromatic heterocycles. The Bertz CT molecular complexity index is 432. The Morgan fingerprint density at radius 1 is 1.00 bits per heavy atom. The molecule has 0 aromatic carbocycles. The lowest BCUT2D eigenvalue weighted by atomic mass is 9.63. The van der Waals surface area contributed by atoms with Crippen molar-refractivity contribution in [3.63, 3.8) is 0 Å². The van der Waals surface area contributed by atoms with E-state index in [0.29, 0.717) is 0 Å². The van der Waals surface area contributed by atoms with Crippen LogP contribution in [0.3, 0.4) is 0 Å². The molecule has 21 heavy (non-hydrogen) atoms. The molecule has 2 N–H and O–H groups in total. The van der Waals surface area contributed by atoms with Gasteiger partial charge < -0.3 is 15.2 Å². The molecular weight excluding hydrogens is 274 g/mol. The fourth-order valence-electron chi connectivity index (χ4n) is 1.85. The highest BCUT2D eigenvalue weighted by atomic mass is 16.6. The van der Waals surface area contributed by atoms with Crippen molar-refractivity contribution in [2.75, 3.05) is 0 Å². The summed E-state index contributed by atoms with van der Waals surface area (Å²) in [5.74, 6) is -1.36. The van der Waals surface area contributed by atoms with Crippen molar-refractivity contribution in [2.45, 2.75) is 67.0 Å². The highest BCUT2D eigenvalue weighted by Crippen LogP contribution is 2.42. The summed E-state index contributed by atoms with van der Waals surface area (Å²) in [7, 11) is 0. The van der Waals surface area contributed by atoms with E-state index in [4.69, 9.17) is 4.74 Å². The molecule has 6 nitrogen and oxygen atoms in total. The third-order valence-electron chi connectivity index (χ3n) is 3.93. The fraction of sp³-hybridized carbons (Fsp3) is 0.800. The Morgan fingerprint density at radius 2 is 1.43 bits per heavy atom. The van der Waals surface area contributed by atoms with Crippen LogP contribution < -0.4 is 5.32 Å². The summed E-state index contributed by atoms with van der Waals surface area (Å²) in [6, 6.07) is -0.960. The van der Waals surface area contributed by atoms with Crippen LogP contribution in [0.5, 0.6) is 0 Å². The lowest BCUT2D eigenvalue weighted by Crippen LogP contribution is -2.57. The molecule has 0 saturated carbocycles. The summed E-state index contributed by atoms with van der Waals surface area (Å²) >= 11 is 0. The Labute approximate surface area is 126 Å². The summed E-state index contributed by atoms with van der Waals surface area (Å²) in [6.45, 7) is 12.8. The molecule has 1 unspecified atom stereocenters. The van der Waals surface area contributed by atoms with Crippen molar-refractivity contribution in [3.8, 4) is 0 Å². The number of hydrogen-bond donors (Lipinski definition) is 2. The Balaban J connectivity index is 5.38. The molecule has 0 aliphatic rings. The predicted molar refractivity (Wildman–Crippen MR) is 79.0 cm³/mol. The normalized spacial score (nSPS) is 14.3. The Morgan fingerprint density at radius 3 is 1.71 bits per heavy atom. The van der Waals surface area contributed by atoms with Crippen molar-refractivity contribution in [3.05, 3.63) is 0 Å². The number of alkyl carbamates (subject to hydrolysis) is 1. The molecular formula is C15H27NO5. The van der Waals surface area contributed by atoms with Crippen LogP contribution in [0.25, 0.3) is 0 Å². The summed E-state index contributed by atoms with van der Waals surface area (Å²) in [5.41, 5.74) is -2.90. The number of Topliss-reactive ketones (excluding diaryl/α,β-unsaturated/α-hetero) is 1. The number of carbonyl (C=O) groups excluding carboxylic acids is 2. The maximum Gasteiger partial charge on any atom is 0.408 e. The van der Waals surface area contributed by atoms with Crippen LogP contribution in [0, 0.1) is 10.8 Å². The monoisotopic (exact) mass is 301 g/mol. The number of rotatable bonds is 5. The van der Waals surface area contributed by atoms with Gasteiger partial charge in [-0.05, 0) is 41.5 Å². The average molecular weight is 301 g/mol. The van der Waals surface area contributed by atoms with Crippen LogP contribution in [-0.4, -0.2) is 34.6 Å². The van der Waals surface area contributed by atoms with Gasteiger partial charge in [0.05, 0.1) is 11.5 Å². The van der Waals surface area contributed by atoms with Gasteiger partial charge in [-0.3, -0.25) is 9.59 Å². The van der Waals surface area contributed by atoms with E-state index in [1.165, 1.54) is 20.8 Å². The smallest absolute Gasteiger partial charge is 0.408 e. The van der Waals surface area contributed by atoms with Crippen LogP contribution in [-0.2, 0) is 14.3 Å². The first kappa shape index (κ1) is 19.4. The molecule has 0 aliphatic heterocycles. The second kappa shape index (κ2) is 6.03. The highest BCUT2D eigenvalue weighted by molar-refractivity contribution is 5.88. The van der Waals surface area contributed by atoms with Crippen LogP contribution in [0.2, 0.25) is 0 Å². The fourth-order valence-corrected chi connectivity index (χ4v) is 1.85. The molecule has 0 bridgehead atoms. The van der Waals surface area contributed by atoms with Crippen molar-refractivity contribution >= 4 is 17.8 Å². The van der Waals surface area contributed by atoms with Gasteiger partial charge >= 0.3 is 12.1 Å². The summed E-state index contributed by atoms with van der Waals surface area (Å²) in [4.78, 5) is 35.2. The van der Waals surface area contributed by atoms with Crippen molar-refractivity contribution in [2.24, 2.45) is 10.8 Å². The zero-order valence-corrected chi connectivity index (χ0v) is 14.2. The molecule has 0 heterocycles. The van der Waals surface area contributed by atoms with Gasteiger partial charge in [0.15, 0.2) is 5.78 Å². The van der Waals surface area contributed by atoms with E-state index >= 15 is 0 Å². The van der Waals surface area contributed by atoms with Crippen LogP contribution in [0.4, 0.5) is 4.79 Å². The Kier molecular flexibility index (Phi) is 5.58. The molecule has 0 radical (unpaired) electrons. The van der Waals surface area contributed by atoms with Crippen LogP contribution in [0.1, 0.15) is 55.4 Å². The van der Waals surface area contributed by atoms with Gasteiger partial charge in [-0.1, -0.05) is 13.8 Å². The quantitative estimate of drug-likeness (QED) is 0.814. The average Bonchev–Trinajstić information content (AvgIpc) is 2.22. The number of ether oxygens (including phenoxy) is 1. The van der Waals surface area contributed by atoms with E-state index in [2.05, 4.69) is 5.32 Å². The molecule has 0 rings (SSSR count). The van der Waals surface area contributed by atoms with Crippen molar-refractivity contribution in [1.29, 1.82) is 0 Å². The number of nitrogens with one attached hydrogen (secondary N) is 1. The van der Waals surface area contributed by atoms with Gasteiger partial charge in [0.2, 0.25) is 0 Å². The number of ketones is 1. The number of aliphatic carboxylic acids is 1. The third-order valence-corrected chi connectivity index (χ3v) is 3.93. The number of carboxylic acid groups (broad SMARTS) is 1. The molecule has 0 aliphatic carbocycles. The van der Waals surface area contributed by atoms with Gasteiger partial charge in [-0.25, -0.2) is 4.79 Å². The number of carbonyl (C=O) groups is 3. The van der Waals surface area contributed by atoms with E-state index < -0.39 is 34.5 Å². The molecule has 0 spiro atoms. The number of amides is 1. The molecule has 1 amide bonds. The molecule has 0 fully saturated rings. The highest BCUT2D eigenvalue weighted by Gasteiger charge is 2.50. The predicted octanol–water partition coefficient (Wildman–Crippen LogP) is 2.61. The van der Waals surface area contributed by atoms with E-state index in [1.807, 2.05) is 0 Å². The standard InChI is InChI=1S/C15H27NO5/c1-9(17)10(16-12(20)21-13(2,3)4)14(5,6)15(7,8)11(18)19/h10H,1-8H3,(H,16,20)(H,18,19). The lowest BCUT2D eigenvalue weighted by molar-refractivity contribution is -0.156.